The Labute approximate surface area is 139 Å². The number of nitrogens with zero attached hydrogens (tertiary/aromatic N) is 3. The zero-order valence-electron chi connectivity index (χ0n) is 13.1. The second kappa shape index (κ2) is 7.83. The molecule has 0 aliphatic carbocycles. The van der Waals surface area contributed by atoms with Gasteiger partial charge in [0.15, 0.2) is 0 Å². The van der Waals surface area contributed by atoms with E-state index in [1.54, 1.807) is 19.3 Å². The highest BCUT2D eigenvalue weighted by molar-refractivity contribution is 8.04. The van der Waals surface area contributed by atoms with Gasteiger partial charge in [-0.1, -0.05) is 11.8 Å². The molecule has 2 rings (SSSR count). The molecule has 2 N–H and O–H groups in total. The van der Waals surface area contributed by atoms with E-state index in [2.05, 4.69) is 15.3 Å². The van der Waals surface area contributed by atoms with Gasteiger partial charge in [-0.25, -0.2) is 4.98 Å². The first-order valence-corrected chi connectivity index (χ1v) is 8.39. The number of aromatic nitrogens is 2. The second-order valence-electron chi connectivity index (χ2n) is 4.91. The summed E-state index contributed by atoms with van der Waals surface area (Å²) in [5.41, 5.74) is 0.00699. The van der Waals surface area contributed by atoms with E-state index in [1.165, 1.54) is 16.7 Å². The van der Waals surface area contributed by atoms with Crippen LogP contribution in [-0.4, -0.2) is 45.0 Å². The number of amides is 2. The van der Waals surface area contributed by atoms with Gasteiger partial charge in [-0.15, -0.1) is 0 Å². The molecular formula is C15H19N5O2S. The van der Waals surface area contributed by atoms with E-state index in [0.29, 0.717) is 31.0 Å². The van der Waals surface area contributed by atoms with Crippen molar-refractivity contribution in [2.45, 2.75) is 31.9 Å². The highest BCUT2D eigenvalue weighted by Crippen LogP contribution is 2.39. The average Bonchev–Trinajstić information content (AvgIpc) is 3.15. The van der Waals surface area contributed by atoms with Crippen molar-refractivity contribution in [3.63, 3.8) is 0 Å². The van der Waals surface area contributed by atoms with E-state index < -0.39 is 5.91 Å². The van der Waals surface area contributed by atoms with Crippen molar-refractivity contribution < 1.29 is 9.59 Å². The largest absolute Gasteiger partial charge is 0.352 e. The molecule has 1 saturated heterocycles. The predicted molar refractivity (Wildman–Crippen MR) is 87.0 cm³/mol. The molecule has 0 saturated carbocycles. The van der Waals surface area contributed by atoms with E-state index in [1.807, 2.05) is 13.0 Å². The van der Waals surface area contributed by atoms with Gasteiger partial charge in [-0.05, 0) is 20.3 Å². The standard InChI is InChI=1S/C15H19N5O2S/c1-3-17-13(21)10(9-16)15-20(4-2)14(22)11(23-15)5-6-12-18-7-8-19-12/h7-8,11H,3-6H2,1-2H3,(H,17,21)(H,18,19)/b15-10-. The Bertz CT molecular complexity index is 647. The van der Waals surface area contributed by atoms with Crippen LogP contribution in [0.15, 0.2) is 23.0 Å². The molecule has 1 aliphatic rings. The molecule has 1 aromatic rings. The molecule has 23 heavy (non-hydrogen) atoms. The van der Waals surface area contributed by atoms with Crippen LogP contribution in [0.4, 0.5) is 0 Å². The van der Waals surface area contributed by atoms with Crippen molar-refractivity contribution in [3.8, 4) is 6.07 Å². The molecule has 122 valence electrons. The maximum Gasteiger partial charge on any atom is 0.264 e. The van der Waals surface area contributed by atoms with E-state index in [-0.39, 0.29) is 16.7 Å². The maximum atomic E-state index is 12.5. The number of hydrogen-bond acceptors (Lipinski definition) is 5. The van der Waals surface area contributed by atoms with Crippen LogP contribution in [0.5, 0.6) is 0 Å². The van der Waals surface area contributed by atoms with Crippen LogP contribution in [0.25, 0.3) is 0 Å². The monoisotopic (exact) mass is 333 g/mol. The summed E-state index contributed by atoms with van der Waals surface area (Å²) in [5.74, 6) is 0.328. The number of nitriles is 1. The van der Waals surface area contributed by atoms with Crippen molar-refractivity contribution in [2.75, 3.05) is 13.1 Å². The fourth-order valence-electron chi connectivity index (χ4n) is 2.35. The van der Waals surface area contributed by atoms with Crippen LogP contribution >= 0.6 is 11.8 Å². The minimum atomic E-state index is -0.435. The van der Waals surface area contributed by atoms with Gasteiger partial charge in [0.1, 0.15) is 22.5 Å². The third kappa shape index (κ3) is 3.74. The van der Waals surface area contributed by atoms with E-state index >= 15 is 0 Å². The third-order valence-corrected chi connectivity index (χ3v) is 4.81. The van der Waals surface area contributed by atoms with Crippen molar-refractivity contribution in [3.05, 3.63) is 28.8 Å². The normalized spacial score (nSPS) is 19.6. The Morgan fingerprint density at radius 1 is 1.57 bits per heavy atom. The topological polar surface area (TPSA) is 102 Å². The summed E-state index contributed by atoms with van der Waals surface area (Å²) in [6, 6.07) is 1.94. The molecule has 0 spiro atoms. The molecule has 1 aliphatic heterocycles. The number of hydrogen-bond donors (Lipinski definition) is 2. The number of aryl methyl sites for hydroxylation is 1. The third-order valence-electron chi connectivity index (χ3n) is 3.44. The molecule has 2 heterocycles. The van der Waals surface area contributed by atoms with Gasteiger partial charge in [0.25, 0.3) is 5.91 Å². The maximum absolute atomic E-state index is 12.5. The molecule has 8 heteroatoms. The molecule has 0 aromatic carbocycles. The van der Waals surface area contributed by atoms with E-state index in [9.17, 15) is 14.9 Å². The smallest absolute Gasteiger partial charge is 0.264 e. The Balaban J connectivity index is 2.19. The Kier molecular flexibility index (Phi) is 5.82. The summed E-state index contributed by atoms with van der Waals surface area (Å²) in [6.07, 6.45) is 4.66. The molecule has 7 nitrogen and oxygen atoms in total. The summed E-state index contributed by atoms with van der Waals surface area (Å²) >= 11 is 1.29. The summed E-state index contributed by atoms with van der Waals surface area (Å²) in [5, 5.41) is 12.1. The number of H-pyrrole nitrogens is 1. The van der Waals surface area contributed by atoms with Crippen LogP contribution in [-0.2, 0) is 16.0 Å². The summed E-state index contributed by atoms with van der Waals surface area (Å²) in [6.45, 7) is 4.49. The number of aromatic amines is 1. The number of nitrogens with one attached hydrogen (secondary N) is 2. The second-order valence-corrected chi connectivity index (χ2v) is 6.11. The van der Waals surface area contributed by atoms with E-state index in [0.717, 1.165) is 5.82 Å². The predicted octanol–water partition coefficient (Wildman–Crippen LogP) is 1.18. The highest BCUT2D eigenvalue weighted by Gasteiger charge is 2.38. The summed E-state index contributed by atoms with van der Waals surface area (Å²) in [7, 11) is 0. The lowest BCUT2D eigenvalue weighted by molar-refractivity contribution is -0.127. The van der Waals surface area contributed by atoms with Crippen LogP contribution in [0.3, 0.4) is 0 Å². The molecule has 0 bridgehead atoms. The fourth-order valence-corrected chi connectivity index (χ4v) is 3.68. The first-order chi connectivity index (χ1) is 11.1. The Morgan fingerprint density at radius 2 is 2.35 bits per heavy atom. The SMILES string of the molecule is CCNC(=O)/C(C#N)=C1\SC(CCc2ncc[nH]2)C(=O)N1CC. The summed E-state index contributed by atoms with van der Waals surface area (Å²) < 4.78 is 0. The zero-order chi connectivity index (χ0) is 16.8. The number of likely N-dealkylation sites (N-methyl/N-ethyl adjacent to an activating group) is 1. The van der Waals surface area contributed by atoms with Gasteiger partial charge in [0, 0.05) is 31.9 Å². The van der Waals surface area contributed by atoms with Crippen LogP contribution in [0.1, 0.15) is 26.1 Å². The molecule has 1 fully saturated rings. The number of imidazole rings is 1. The minimum Gasteiger partial charge on any atom is -0.352 e. The zero-order valence-corrected chi connectivity index (χ0v) is 13.9. The quantitative estimate of drug-likeness (QED) is 0.601. The first-order valence-electron chi connectivity index (χ1n) is 7.51. The van der Waals surface area contributed by atoms with Crippen molar-refractivity contribution in [1.29, 1.82) is 5.26 Å². The fraction of sp³-hybridized carbons (Fsp3) is 0.467. The van der Waals surface area contributed by atoms with Gasteiger partial charge in [0.2, 0.25) is 5.91 Å². The minimum absolute atomic E-state index is 0.00699. The van der Waals surface area contributed by atoms with Crippen molar-refractivity contribution >= 4 is 23.6 Å². The molecular weight excluding hydrogens is 314 g/mol. The number of rotatable bonds is 6. The Hall–Kier alpha value is -2.27. The highest BCUT2D eigenvalue weighted by atomic mass is 32.2. The van der Waals surface area contributed by atoms with Crippen LogP contribution in [0, 0.1) is 11.3 Å². The number of thioether (sulfide) groups is 1. The van der Waals surface area contributed by atoms with Crippen LogP contribution < -0.4 is 5.32 Å². The lowest BCUT2D eigenvalue weighted by Crippen LogP contribution is -2.31. The molecule has 1 unspecified atom stereocenters. The molecule has 1 aromatic heterocycles. The number of carbonyl (C=O) groups excluding carboxylic acids is 2. The van der Waals surface area contributed by atoms with E-state index in [4.69, 9.17) is 0 Å². The van der Waals surface area contributed by atoms with Gasteiger partial charge in [0.05, 0.1) is 5.25 Å². The lowest BCUT2D eigenvalue weighted by atomic mass is 10.2. The molecule has 1 atom stereocenters. The average molecular weight is 333 g/mol. The van der Waals surface area contributed by atoms with Gasteiger partial charge in [-0.3, -0.25) is 9.59 Å². The van der Waals surface area contributed by atoms with Gasteiger partial charge in [-0.2, -0.15) is 5.26 Å². The summed E-state index contributed by atoms with van der Waals surface area (Å²) in [4.78, 5) is 33.2. The lowest BCUT2D eigenvalue weighted by Gasteiger charge is -2.15. The van der Waals surface area contributed by atoms with Crippen LogP contribution in [0.2, 0.25) is 0 Å². The van der Waals surface area contributed by atoms with Crippen molar-refractivity contribution in [1.82, 2.24) is 20.2 Å². The molecule has 0 radical (unpaired) electrons. The molecule has 2 amide bonds. The van der Waals surface area contributed by atoms with Gasteiger partial charge < -0.3 is 15.2 Å². The number of carbonyl (C=O) groups is 2. The van der Waals surface area contributed by atoms with Crippen molar-refractivity contribution in [2.24, 2.45) is 0 Å². The van der Waals surface area contributed by atoms with Gasteiger partial charge >= 0.3 is 0 Å². The first kappa shape index (κ1) is 17.1. The Morgan fingerprint density at radius 3 is 2.91 bits per heavy atom.